The summed E-state index contributed by atoms with van der Waals surface area (Å²) in [5.74, 6) is -0.957. The molecule has 6 rings (SSSR count). The number of para-hydroxylation sites is 2. The highest BCUT2D eigenvalue weighted by atomic mass is 28.4. The standard InChI is InChI=1S/C32H34FN3O4Si/c1-20-30(41(2,3)33)28(15-16-37)40-32(20)25-18-22(13-14-27(25)36(31(32)39)23-9-5-4-6-10-23)35-29(38)17-21-19-34-26-12-8-7-11-24(21)26/h4-14,18-20,28,30,34,37H,15-17H2,1-3H3,(H,35,38)/t20-,28+,30-,32+/m1/s1. The van der Waals surface area contributed by atoms with Crippen molar-refractivity contribution in [2.24, 2.45) is 5.92 Å². The number of rotatable bonds is 7. The van der Waals surface area contributed by atoms with E-state index in [1.807, 2.05) is 73.8 Å². The largest absolute Gasteiger partial charge is 0.396 e. The van der Waals surface area contributed by atoms with Gasteiger partial charge in [-0.05, 0) is 61.5 Å². The van der Waals surface area contributed by atoms with Crippen molar-refractivity contribution < 1.29 is 23.5 Å². The maximum atomic E-state index is 15.8. The fraction of sp³-hybridized carbons (Fsp3) is 0.312. The summed E-state index contributed by atoms with van der Waals surface area (Å²) in [6.07, 6.45) is 1.66. The zero-order valence-corrected chi connectivity index (χ0v) is 24.4. The minimum atomic E-state index is -3.31. The Morgan fingerprint density at radius 1 is 1.12 bits per heavy atom. The molecule has 212 valence electrons. The van der Waals surface area contributed by atoms with Gasteiger partial charge in [0.2, 0.25) is 14.3 Å². The lowest BCUT2D eigenvalue weighted by molar-refractivity contribution is -0.145. The third-order valence-electron chi connectivity index (χ3n) is 8.61. The summed E-state index contributed by atoms with van der Waals surface area (Å²) in [6.45, 7) is 4.99. The van der Waals surface area contributed by atoms with Crippen LogP contribution in [0.15, 0.2) is 79.0 Å². The molecule has 1 fully saturated rings. The Morgan fingerprint density at radius 2 is 1.85 bits per heavy atom. The van der Waals surface area contributed by atoms with Crippen molar-refractivity contribution in [3.05, 3.63) is 90.1 Å². The zero-order chi connectivity index (χ0) is 28.9. The van der Waals surface area contributed by atoms with E-state index >= 15 is 4.11 Å². The van der Waals surface area contributed by atoms with E-state index in [9.17, 15) is 14.7 Å². The van der Waals surface area contributed by atoms with Gasteiger partial charge in [-0.1, -0.05) is 43.3 Å². The molecule has 1 aromatic heterocycles. The molecule has 0 saturated carbocycles. The van der Waals surface area contributed by atoms with Gasteiger partial charge < -0.3 is 24.3 Å². The normalized spacial score (nSPS) is 23.9. The van der Waals surface area contributed by atoms with Crippen molar-refractivity contribution >= 4 is 48.2 Å². The molecule has 1 spiro atoms. The zero-order valence-electron chi connectivity index (χ0n) is 23.4. The number of aromatic nitrogens is 1. The van der Waals surface area contributed by atoms with Crippen LogP contribution in [-0.2, 0) is 26.3 Å². The molecule has 3 aromatic carbocycles. The summed E-state index contributed by atoms with van der Waals surface area (Å²) in [5.41, 5.74) is 2.38. The minimum Gasteiger partial charge on any atom is -0.396 e. The summed E-state index contributed by atoms with van der Waals surface area (Å²) in [7, 11) is -3.31. The Morgan fingerprint density at radius 3 is 2.59 bits per heavy atom. The third-order valence-corrected chi connectivity index (χ3v) is 11.1. The Kier molecular flexibility index (Phi) is 6.84. The van der Waals surface area contributed by atoms with Crippen molar-refractivity contribution in [3.63, 3.8) is 0 Å². The highest BCUT2D eigenvalue weighted by Crippen LogP contribution is 2.61. The number of aliphatic hydroxyl groups is 1. The summed E-state index contributed by atoms with van der Waals surface area (Å²) in [4.78, 5) is 32.4. The number of fused-ring (bicyclic) bond motifs is 3. The van der Waals surface area contributed by atoms with Gasteiger partial charge in [-0.15, -0.1) is 0 Å². The summed E-state index contributed by atoms with van der Waals surface area (Å²) in [5, 5.41) is 13.8. The van der Waals surface area contributed by atoms with Crippen molar-refractivity contribution in [3.8, 4) is 0 Å². The van der Waals surface area contributed by atoms with Gasteiger partial charge in [-0.25, -0.2) is 0 Å². The summed E-state index contributed by atoms with van der Waals surface area (Å²) >= 11 is 0. The van der Waals surface area contributed by atoms with Gasteiger partial charge in [0.1, 0.15) is 0 Å². The van der Waals surface area contributed by atoms with Gasteiger partial charge in [0.25, 0.3) is 5.91 Å². The molecule has 4 atom stereocenters. The monoisotopic (exact) mass is 571 g/mol. The smallest absolute Gasteiger partial charge is 0.268 e. The van der Waals surface area contributed by atoms with Crippen molar-refractivity contribution in [1.29, 1.82) is 0 Å². The molecule has 3 N–H and O–H groups in total. The minimum absolute atomic E-state index is 0.165. The number of amides is 2. The topological polar surface area (TPSA) is 94.7 Å². The molecule has 9 heteroatoms. The van der Waals surface area contributed by atoms with Crippen molar-refractivity contribution in [2.75, 3.05) is 16.8 Å². The lowest BCUT2D eigenvalue weighted by atomic mass is 9.82. The number of anilines is 3. The number of benzene rings is 3. The molecule has 0 aliphatic carbocycles. The number of aromatic amines is 1. The van der Waals surface area contributed by atoms with E-state index in [1.165, 1.54) is 0 Å². The molecular weight excluding hydrogens is 537 g/mol. The molecule has 41 heavy (non-hydrogen) atoms. The van der Waals surface area contributed by atoms with Gasteiger partial charge in [-0.3, -0.25) is 14.5 Å². The SMILES string of the molecule is C[C@@H]1[C@@H]([Si](C)(C)F)[C@H](CCO)O[C@@]12C(=O)N(c1ccccc1)c1ccc(NC(=O)Cc3c[nH]c4ccccc34)cc12. The average molecular weight is 572 g/mol. The maximum Gasteiger partial charge on any atom is 0.268 e. The van der Waals surface area contributed by atoms with Gasteiger partial charge in [-0.2, -0.15) is 0 Å². The molecule has 1 saturated heterocycles. The van der Waals surface area contributed by atoms with E-state index in [-0.39, 0.29) is 31.3 Å². The van der Waals surface area contributed by atoms with Crippen LogP contribution in [0.5, 0.6) is 0 Å². The summed E-state index contributed by atoms with van der Waals surface area (Å²) < 4.78 is 22.4. The fourth-order valence-electron chi connectivity index (χ4n) is 6.94. The second-order valence-electron chi connectivity index (χ2n) is 11.6. The number of aliphatic hydroxyl groups excluding tert-OH is 1. The molecule has 7 nitrogen and oxygen atoms in total. The van der Waals surface area contributed by atoms with Crippen LogP contribution in [0.4, 0.5) is 21.2 Å². The first-order valence-electron chi connectivity index (χ1n) is 14.0. The third kappa shape index (κ3) is 4.48. The average Bonchev–Trinajstić information content (AvgIpc) is 3.56. The predicted molar refractivity (Wildman–Crippen MR) is 160 cm³/mol. The fourth-order valence-corrected chi connectivity index (χ4v) is 9.48. The quantitative estimate of drug-likeness (QED) is 0.182. The van der Waals surface area contributed by atoms with Gasteiger partial charge >= 0.3 is 0 Å². The maximum absolute atomic E-state index is 15.8. The Hall–Kier alpha value is -3.79. The Bertz CT molecular complexity index is 1620. The van der Waals surface area contributed by atoms with Crippen molar-refractivity contribution in [2.45, 2.75) is 50.1 Å². The van der Waals surface area contributed by atoms with Crippen LogP contribution in [0.3, 0.4) is 0 Å². The van der Waals surface area contributed by atoms with Crippen LogP contribution in [0.2, 0.25) is 18.6 Å². The first kappa shape index (κ1) is 27.4. The first-order chi connectivity index (χ1) is 19.6. The van der Waals surface area contributed by atoms with E-state index in [0.29, 0.717) is 22.6 Å². The number of hydrogen-bond acceptors (Lipinski definition) is 4. The number of carbonyl (C=O) groups is 2. The molecule has 2 aliphatic heterocycles. The second-order valence-corrected chi connectivity index (χ2v) is 15.4. The van der Waals surface area contributed by atoms with Crippen LogP contribution in [0.1, 0.15) is 24.5 Å². The molecule has 4 aromatic rings. The highest BCUT2D eigenvalue weighted by Gasteiger charge is 2.66. The van der Waals surface area contributed by atoms with E-state index in [0.717, 1.165) is 16.5 Å². The molecule has 0 unspecified atom stereocenters. The van der Waals surface area contributed by atoms with Crippen LogP contribution < -0.4 is 10.2 Å². The molecule has 3 heterocycles. The number of H-pyrrole nitrogens is 1. The van der Waals surface area contributed by atoms with E-state index in [1.54, 1.807) is 30.1 Å². The lowest BCUT2D eigenvalue weighted by Crippen LogP contribution is -2.44. The van der Waals surface area contributed by atoms with E-state index in [4.69, 9.17) is 4.74 Å². The van der Waals surface area contributed by atoms with Crippen LogP contribution in [0, 0.1) is 5.92 Å². The van der Waals surface area contributed by atoms with Crippen LogP contribution >= 0.6 is 0 Å². The number of carbonyl (C=O) groups excluding carboxylic acids is 2. The van der Waals surface area contributed by atoms with Crippen molar-refractivity contribution in [1.82, 2.24) is 4.98 Å². The van der Waals surface area contributed by atoms with Crippen LogP contribution in [0.25, 0.3) is 10.9 Å². The van der Waals surface area contributed by atoms with E-state index < -0.39 is 31.6 Å². The second kappa shape index (κ2) is 10.2. The molecule has 2 aliphatic rings. The predicted octanol–water partition coefficient (Wildman–Crippen LogP) is 6.18. The van der Waals surface area contributed by atoms with E-state index in [2.05, 4.69) is 10.3 Å². The van der Waals surface area contributed by atoms with Gasteiger partial charge in [0, 0.05) is 52.1 Å². The van der Waals surface area contributed by atoms with Crippen LogP contribution in [-0.4, -0.2) is 43.0 Å². The number of hydrogen-bond donors (Lipinski definition) is 3. The molecule has 0 radical (unpaired) electrons. The van der Waals surface area contributed by atoms with Gasteiger partial charge in [0.05, 0.1) is 18.2 Å². The number of ether oxygens (including phenoxy) is 1. The lowest BCUT2D eigenvalue weighted by Gasteiger charge is -2.31. The summed E-state index contributed by atoms with van der Waals surface area (Å²) in [6, 6.07) is 22.5. The molecule has 2 amide bonds. The Labute approximate surface area is 239 Å². The Balaban J connectivity index is 1.40. The molecular formula is C32H34FN3O4Si. The number of nitrogens with zero attached hydrogens (tertiary/aromatic N) is 1. The number of nitrogens with one attached hydrogen (secondary N) is 2. The van der Waals surface area contributed by atoms with Gasteiger partial charge in [0.15, 0.2) is 5.60 Å². The molecule has 0 bridgehead atoms. The number of halogens is 1. The highest BCUT2D eigenvalue weighted by molar-refractivity contribution is 6.72. The first-order valence-corrected chi connectivity index (χ1v) is 17.0.